The monoisotopic (exact) mass is 393 g/mol. The minimum atomic E-state index is -0.427. The molecule has 0 bridgehead atoms. The molecule has 0 N–H and O–H groups in total. The number of rotatable bonds is 14. The van der Waals surface area contributed by atoms with Crippen LogP contribution < -0.4 is 0 Å². The Morgan fingerprint density at radius 2 is 1.54 bits per heavy atom. The molecule has 7 heteroatoms. The van der Waals surface area contributed by atoms with E-state index in [1.807, 2.05) is 6.92 Å². The normalized spacial score (nSPS) is 10.5. The molecule has 0 aliphatic carbocycles. The van der Waals surface area contributed by atoms with Crippen LogP contribution in [0.4, 0.5) is 5.69 Å². The van der Waals surface area contributed by atoms with Gasteiger partial charge in [0.1, 0.15) is 6.61 Å². The summed E-state index contributed by atoms with van der Waals surface area (Å²) >= 11 is 0. The van der Waals surface area contributed by atoms with Gasteiger partial charge in [-0.25, -0.2) is 0 Å². The molecule has 0 aliphatic heterocycles. The summed E-state index contributed by atoms with van der Waals surface area (Å²) in [5, 5.41) is 10.8. The van der Waals surface area contributed by atoms with Gasteiger partial charge in [-0.05, 0) is 43.9 Å². The van der Waals surface area contributed by atoms with E-state index in [0.717, 1.165) is 50.5 Å². The standard InChI is InChI=1S/C21H31NO6/c1-3-14-27-20(23)10-8-6-4-5-7-9-11-21(24)28-16-18-12-13-19(22(25)26)17(2)15-18/h12-13,15H,3-11,14,16H2,1-2H3. The van der Waals surface area contributed by atoms with Crippen LogP contribution in [-0.4, -0.2) is 23.5 Å². The van der Waals surface area contributed by atoms with E-state index in [1.54, 1.807) is 19.1 Å². The molecule has 1 aromatic rings. The van der Waals surface area contributed by atoms with Crippen molar-refractivity contribution in [3.8, 4) is 0 Å². The molecule has 0 spiro atoms. The van der Waals surface area contributed by atoms with Crippen molar-refractivity contribution in [1.29, 1.82) is 0 Å². The summed E-state index contributed by atoms with van der Waals surface area (Å²) in [6.07, 6.45) is 7.33. The molecule has 0 aliphatic rings. The number of carbonyl (C=O) groups excluding carboxylic acids is 2. The fraction of sp³-hybridized carbons (Fsp3) is 0.619. The number of unbranched alkanes of at least 4 members (excludes halogenated alkanes) is 5. The highest BCUT2D eigenvalue weighted by molar-refractivity contribution is 5.69. The van der Waals surface area contributed by atoms with E-state index in [2.05, 4.69) is 0 Å². The highest BCUT2D eigenvalue weighted by Crippen LogP contribution is 2.19. The number of ether oxygens (including phenoxy) is 2. The Morgan fingerprint density at radius 1 is 0.964 bits per heavy atom. The predicted octanol–water partition coefficient (Wildman–Crippen LogP) is 5.02. The van der Waals surface area contributed by atoms with E-state index in [4.69, 9.17) is 9.47 Å². The first-order valence-electron chi connectivity index (χ1n) is 9.99. The maximum Gasteiger partial charge on any atom is 0.306 e. The van der Waals surface area contributed by atoms with Crippen LogP contribution in [0.25, 0.3) is 0 Å². The minimum Gasteiger partial charge on any atom is -0.466 e. The third kappa shape index (κ3) is 10.0. The quantitative estimate of drug-likeness (QED) is 0.191. The summed E-state index contributed by atoms with van der Waals surface area (Å²) in [4.78, 5) is 33.5. The summed E-state index contributed by atoms with van der Waals surface area (Å²) in [5.74, 6) is -0.373. The zero-order valence-corrected chi connectivity index (χ0v) is 16.9. The fourth-order valence-electron chi connectivity index (χ4n) is 2.78. The molecule has 7 nitrogen and oxygen atoms in total. The van der Waals surface area contributed by atoms with Gasteiger partial charge in [-0.2, -0.15) is 0 Å². The van der Waals surface area contributed by atoms with Crippen LogP contribution in [0.2, 0.25) is 0 Å². The lowest BCUT2D eigenvalue weighted by Gasteiger charge is -2.06. The molecular weight excluding hydrogens is 362 g/mol. The Hall–Kier alpha value is -2.44. The zero-order chi connectivity index (χ0) is 20.8. The second-order valence-corrected chi connectivity index (χ2v) is 6.88. The Bertz CT molecular complexity index is 644. The zero-order valence-electron chi connectivity index (χ0n) is 16.9. The molecule has 1 aromatic carbocycles. The highest BCUT2D eigenvalue weighted by atomic mass is 16.6. The Kier molecular flexibility index (Phi) is 11.5. The average molecular weight is 393 g/mol. The number of aryl methyl sites for hydroxylation is 1. The van der Waals surface area contributed by atoms with Gasteiger partial charge in [0.05, 0.1) is 11.5 Å². The van der Waals surface area contributed by atoms with Gasteiger partial charge in [-0.15, -0.1) is 0 Å². The summed E-state index contributed by atoms with van der Waals surface area (Å²) in [6, 6.07) is 4.71. The van der Waals surface area contributed by atoms with Crippen molar-refractivity contribution in [2.24, 2.45) is 0 Å². The molecule has 0 saturated carbocycles. The summed E-state index contributed by atoms with van der Waals surface area (Å²) < 4.78 is 10.2. The molecule has 0 fully saturated rings. The van der Waals surface area contributed by atoms with Gasteiger partial charge in [0.2, 0.25) is 0 Å². The lowest BCUT2D eigenvalue weighted by molar-refractivity contribution is -0.385. The maximum atomic E-state index is 11.8. The van der Waals surface area contributed by atoms with Gasteiger partial charge in [-0.1, -0.05) is 32.6 Å². The molecule has 0 amide bonds. The molecule has 156 valence electrons. The number of carbonyl (C=O) groups is 2. The fourth-order valence-corrected chi connectivity index (χ4v) is 2.78. The first kappa shape index (κ1) is 23.6. The highest BCUT2D eigenvalue weighted by Gasteiger charge is 2.11. The second kappa shape index (κ2) is 13.7. The van der Waals surface area contributed by atoms with Crippen molar-refractivity contribution >= 4 is 17.6 Å². The van der Waals surface area contributed by atoms with Crippen LogP contribution in [0.5, 0.6) is 0 Å². The van der Waals surface area contributed by atoms with Gasteiger partial charge >= 0.3 is 11.9 Å². The lowest BCUT2D eigenvalue weighted by Crippen LogP contribution is -2.05. The van der Waals surface area contributed by atoms with E-state index in [-0.39, 0.29) is 24.2 Å². The number of hydrogen-bond acceptors (Lipinski definition) is 6. The first-order chi connectivity index (χ1) is 13.4. The Labute approximate surface area is 166 Å². The Balaban J connectivity index is 2.06. The van der Waals surface area contributed by atoms with E-state index >= 15 is 0 Å². The van der Waals surface area contributed by atoms with Crippen molar-refractivity contribution in [3.63, 3.8) is 0 Å². The van der Waals surface area contributed by atoms with Crippen molar-refractivity contribution in [1.82, 2.24) is 0 Å². The molecule has 0 radical (unpaired) electrons. The Morgan fingerprint density at radius 3 is 2.07 bits per heavy atom. The third-order valence-electron chi connectivity index (χ3n) is 4.34. The maximum absolute atomic E-state index is 11.8. The van der Waals surface area contributed by atoms with E-state index < -0.39 is 4.92 Å². The van der Waals surface area contributed by atoms with Gasteiger partial charge in [0.25, 0.3) is 5.69 Å². The smallest absolute Gasteiger partial charge is 0.306 e. The molecule has 28 heavy (non-hydrogen) atoms. The number of benzene rings is 1. The van der Waals surface area contributed by atoms with Crippen LogP contribution >= 0.6 is 0 Å². The molecule has 0 saturated heterocycles. The third-order valence-corrected chi connectivity index (χ3v) is 4.34. The number of hydrogen-bond donors (Lipinski definition) is 0. The number of esters is 2. The van der Waals surface area contributed by atoms with E-state index in [9.17, 15) is 19.7 Å². The summed E-state index contributed by atoms with van der Waals surface area (Å²) in [7, 11) is 0. The molecule has 0 heterocycles. The number of nitro benzene ring substituents is 1. The van der Waals surface area contributed by atoms with Crippen LogP contribution in [0.3, 0.4) is 0 Å². The van der Waals surface area contributed by atoms with Gasteiger partial charge in [-0.3, -0.25) is 19.7 Å². The van der Waals surface area contributed by atoms with Crippen LogP contribution in [-0.2, 0) is 25.7 Å². The molecular formula is C21H31NO6. The SMILES string of the molecule is CCCOC(=O)CCCCCCCCC(=O)OCc1ccc([N+](=O)[O-])c(C)c1. The molecule has 0 unspecified atom stereocenters. The minimum absolute atomic E-state index is 0.0629. The summed E-state index contributed by atoms with van der Waals surface area (Å²) in [6.45, 7) is 4.27. The van der Waals surface area contributed by atoms with Crippen molar-refractivity contribution in [2.45, 2.75) is 78.2 Å². The molecule has 1 rings (SSSR count). The number of nitrogens with zero attached hydrogens (tertiary/aromatic N) is 1. The van der Waals surface area contributed by atoms with Crippen LogP contribution in [0.1, 0.15) is 75.8 Å². The average Bonchev–Trinajstić information content (AvgIpc) is 2.66. The van der Waals surface area contributed by atoms with E-state index in [1.165, 1.54) is 6.07 Å². The van der Waals surface area contributed by atoms with Crippen LogP contribution in [0, 0.1) is 17.0 Å². The second-order valence-electron chi connectivity index (χ2n) is 6.88. The number of nitro groups is 1. The van der Waals surface area contributed by atoms with Gasteiger partial charge in [0.15, 0.2) is 0 Å². The van der Waals surface area contributed by atoms with E-state index in [0.29, 0.717) is 25.0 Å². The van der Waals surface area contributed by atoms with Gasteiger partial charge in [0, 0.05) is 24.5 Å². The molecule has 0 atom stereocenters. The topological polar surface area (TPSA) is 95.7 Å². The van der Waals surface area contributed by atoms with Crippen molar-refractivity contribution in [2.75, 3.05) is 6.61 Å². The predicted molar refractivity (Wildman–Crippen MR) is 106 cm³/mol. The van der Waals surface area contributed by atoms with Crippen LogP contribution in [0.15, 0.2) is 18.2 Å². The summed E-state index contributed by atoms with van der Waals surface area (Å²) in [5.41, 5.74) is 1.36. The largest absolute Gasteiger partial charge is 0.466 e. The molecule has 0 aromatic heterocycles. The lowest BCUT2D eigenvalue weighted by atomic mass is 10.1. The van der Waals surface area contributed by atoms with Crippen molar-refractivity contribution in [3.05, 3.63) is 39.4 Å². The van der Waals surface area contributed by atoms with Gasteiger partial charge < -0.3 is 9.47 Å². The van der Waals surface area contributed by atoms with Crippen molar-refractivity contribution < 1.29 is 24.0 Å². The first-order valence-corrected chi connectivity index (χ1v) is 9.99.